The highest BCUT2D eigenvalue weighted by Gasteiger charge is 2.30. The molecular weight excluding hydrogens is 522 g/mol. The molecule has 3 rings (SSSR count). The molecule has 0 aliphatic carbocycles. The first-order valence-corrected chi connectivity index (χ1v) is 14.4. The zero-order valence-corrected chi connectivity index (χ0v) is 23.3. The first-order chi connectivity index (χ1) is 18.2. The fourth-order valence-corrected chi connectivity index (χ4v) is 5.61. The van der Waals surface area contributed by atoms with E-state index in [0.29, 0.717) is 24.4 Å². The van der Waals surface area contributed by atoms with Crippen molar-refractivity contribution in [2.75, 3.05) is 20.1 Å². The highest BCUT2D eigenvalue weighted by Crippen LogP contribution is 2.19. The van der Waals surface area contributed by atoms with Gasteiger partial charge in [0.1, 0.15) is 6.04 Å². The van der Waals surface area contributed by atoms with E-state index in [9.17, 15) is 18.0 Å². The Balaban J connectivity index is 1.80. The number of hydrogen-bond acceptors (Lipinski definition) is 4. The van der Waals surface area contributed by atoms with Crippen molar-refractivity contribution in [2.45, 2.75) is 43.7 Å². The molecule has 0 fully saturated rings. The van der Waals surface area contributed by atoms with Gasteiger partial charge in [-0.15, -0.1) is 0 Å². The van der Waals surface area contributed by atoms with Gasteiger partial charge in [0.2, 0.25) is 21.8 Å². The van der Waals surface area contributed by atoms with E-state index in [0.717, 1.165) is 11.1 Å². The molecule has 7 nitrogen and oxygen atoms in total. The Morgan fingerprint density at radius 2 is 1.55 bits per heavy atom. The van der Waals surface area contributed by atoms with E-state index >= 15 is 0 Å². The molecule has 0 heterocycles. The van der Waals surface area contributed by atoms with Crippen molar-refractivity contribution in [1.82, 2.24) is 14.5 Å². The molecule has 0 radical (unpaired) electrons. The van der Waals surface area contributed by atoms with Gasteiger partial charge in [-0.3, -0.25) is 9.59 Å². The Labute approximate surface area is 230 Å². The maximum Gasteiger partial charge on any atom is 0.243 e. The Morgan fingerprint density at radius 3 is 2.18 bits per heavy atom. The van der Waals surface area contributed by atoms with Crippen LogP contribution in [0.2, 0.25) is 5.02 Å². The third kappa shape index (κ3) is 8.15. The van der Waals surface area contributed by atoms with E-state index in [-0.39, 0.29) is 36.2 Å². The Hall–Kier alpha value is -3.20. The maximum absolute atomic E-state index is 13.6. The number of carbonyl (C=O) groups excluding carboxylic acids is 2. The summed E-state index contributed by atoms with van der Waals surface area (Å²) in [5, 5.41) is 3.41. The molecule has 1 atom stereocenters. The van der Waals surface area contributed by atoms with Gasteiger partial charge < -0.3 is 10.2 Å². The number of rotatable bonds is 13. The summed E-state index contributed by atoms with van der Waals surface area (Å²) < 4.78 is 27.0. The van der Waals surface area contributed by atoms with Crippen LogP contribution in [0.4, 0.5) is 0 Å². The van der Waals surface area contributed by atoms with Crippen LogP contribution in [0.1, 0.15) is 30.9 Å². The van der Waals surface area contributed by atoms with Crippen LogP contribution in [0.15, 0.2) is 89.8 Å². The lowest BCUT2D eigenvalue weighted by molar-refractivity contribution is -0.141. The minimum atomic E-state index is -3.66. The second-order valence-electron chi connectivity index (χ2n) is 8.99. The second-order valence-corrected chi connectivity index (χ2v) is 11.5. The molecule has 0 saturated heterocycles. The van der Waals surface area contributed by atoms with E-state index in [2.05, 4.69) is 5.32 Å². The van der Waals surface area contributed by atoms with Crippen LogP contribution in [-0.4, -0.2) is 55.6 Å². The van der Waals surface area contributed by atoms with E-state index in [1.165, 1.54) is 11.4 Å². The largest absolute Gasteiger partial charge is 0.355 e. The van der Waals surface area contributed by atoms with Crippen molar-refractivity contribution in [1.29, 1.82) is 0 Å². The van der Waals surface area contributed by atoms with Crippen LogP contribution >= 0.6 is 11.6 Å². The molecular formula is C29H34ClN3O4S. The molecule has 202 valence electrons. The van der Waals surface area contributed by atoms with Gasteiger partial charge >= 0.3 is 0 Å². The minimum Gasteiger partial charge on any atom is -0.355 e. The molecule has 3 aromatic rings. The Kier molecular flexibility index (Phi) is 10.9. The molecule has 0 bridgehead atoms. The zero-order valence-electron chi connectivity index (χ0n) is 21.7. The summed E-state index contributed by atoms with van der Waals surface area (Å²) in [6.07, 6.45) is 0.738. The predicted octanol–water partition coefficient (Wildman–Crippen LogP) is 4.52. The highest BCUT2D eigenvalue weighted by atomic mass is 35.5. The molecule has 2 amide bonds. The minimum absolute atomic E-state index is 0.0832. The number of amides is 2. The van der Waals surface area contributed by atoms with Gasteiger partial charge in [-0.1, -0.05) is 72.3 Å². The van der Waals surface area contributed by atoms with Crippen LogP contribution in [0.3, 0.4) is 0 Å². The molecule has 3 aromatic carbocycles. The molecule has 0 aromatic heterocycles. The van der Waals surface area contributed by atoms with Crippen molar-refractivity contribution in [3.05, 3.63) is 101 Å². The van der Waals surface area contributed by atoms with Crippen LogP contribution in [-0.2, 0) is 32.6 Å². The van der Waals surface area contributed by atoms with Gasteiger partial charge in [0, 0.05) is 44.5 Å². The fourth-order valence-electron chi connectivity index (χ4n) is 4.17. The van der Waals surface area contributed by atoms with Crippen molar-refractivity contribution < 1.29 is 18.0 Å². The first kappa shape index (κ1) is 29.4. The molecule has 0 spiro atoms. The predicted molar refractivity (Wildman–Crippen MR) is 150 cm³/mol. The molecule has 0 aliphatic rings. The number of halogens is 1. The topological polar surface area (TPSA) is 86.8 Å². The van der Waals surface area contributed by atoms with Crippen LogP contribution in [0.25, 0.3) is 0 Å². The lowest BCUT2D eigenvalue weighted by Crippen LogP contribution is -2.50. The summed E-state index contributed by atoms with van der Waals surface area (Å²) in [4.78, 5) is 28.6. The number of carbonyl (C=O) groups is 2. The standard InChI is InChI=1S/C29H34ClN3O4S/c1-3-31-29(35)27(21-23-12-6-4-7-13-23)33(22-24-14-10-15-25(30)20-24)28(34)18-11-19-32(2)38(36,37)26-16-8-5-9-17-26/h4-10,12-17,20,27H,3,11,18-19,21-22H2,1-2H3,(H,31,35). The van der Waals surface area contributed by atoms with E-state index in [4.69, 9.17) is 11.6 Å². The van der Waals surface area contributed by atoms with E-state index in [1.54, 1.807) is 47.4 Å². The number of nitrogens with one attached hydrogen (secondary N) is 1. The van der Waals surface area contributed by atoms with Crippen LogP contribution < -0.4 is 5.32 Å². The summed E-state index contributed by atoms with van der Waals surface area (Å²) >= 11 is 6.20. The number of hydrogen-bond donors (Lipinski definition) is 1. The fraction of sp³-hybridized carbons (Fsp3) is 0.310. The normalized spacial score (nSPS) is 12.2. The quantitative estimate of drug-likeness (QED) is 0.336. The molecule has 0 aliphatic heterocycles. The van der Waals surface area contributed by atoms with Gasteiger partial charge in [0.15, 0.2) is 0 Å². The van der Waals surface area contributed by atoms with Crippen LogP contribution in [0, 0.1) is 0 Å². The summed E-state index contributed by atoms with van der Waals surface area (Å²) in [5.74, 6) is -0.474. The number of likely N-dealkylation sites (N-methyl/N-ethyl adjacent to an activating group) is 1. The van der Waals surface area contributed by atoms with Crippen molar-refractivity contribution in [3.8, 4) is 0 Å². The SMILES string of the molecule is CCNC(=O)C(Cc1ccccc1)N(Cc1cccc(Cl)c1)C(=O)CCCN(C)S(=O)(=O)c1ccccc1. The van der Waals surface area contributed by atoms with E-state index in [1.807, 2.05) is 49.4 Å². The first-order valence-electron chi connectivity index (χ1n) is 12.6. The van der Waals surface area contributed by atoms with Gasteiger partial charge in [-0.2, -0.15) is 0 Å². The van der Waals surface area contributed by atoms with Gasteiger partial charge in [0.05, 0.1) is 4.90 Å². The summed E-state index contributed by atoms with van der Waals surface area (Å²) in [5.41, 5.74) is 1.73. The third-order valence-corrected chi connectivity index (χ3v) is 8.29. The molecule has 38 heavy (non-hydrogen) atoms. The summed E-state index contributed by atoms with van der Waals surface area (Å²) in [6.45, 7) is 2.64. The summed E-state index contributed by atoms with van der Waals surface area (Å²) in [6, 6.07) is 24.2. The average Bonchev–Trinajstić information content (AvgIpc) is 2.91. The van der Waals surface area contributed by atoms with Crippen molar-refractivity contribution in [2.24, 2.45) is 0 Å². The number of benzene rings is 3. The smallest absolute Gasteiger partial charge is 0.243 e. The van der Waals surface area contributed by atoms with Crippen molar-refractivity contribution in [3.63, 3.8) is 0 Å². The lowest BCUT2D eigenvalue weighted by Gasteiger charge is -2.32. The molecule has 1 N–H and O–H groups in total. The second kappa shape index (κ2) is 14.1. The number of nitrogens with zero attached hydrogens (tertiary/aromatic N) is 2. The third-order valence-electron chi connectivity index (χ3n) is 6.18. The molecule has 1 unspecified atom stereocenters. The average molecular weight is 556 g/mol. The van der Waals surface area contributed by atoms with Gasteiger partial charge in [-0.05, 0) is 48.7 Å². The maximum atomic E-state index is 13.6. The van der Waals surface area contributed by atoms with Crippen LogP contribution in [0.5, 0.6) is 0 Å². The molecule has 9 heteroatoms. The van der Waals surface area contributed by atoms with E-state index < -0.39 is 16.1 Å². The van der Waals surface area contributed by atoms with Gasteiger partial charge in [0.25, 0.3) is 0 Å². The molecule has 0 saturated carbocycles. The van der Waals surface area contributed by atoms with Gasteiger partial charge in [-0.25, -0.2) is 12.7 Å². The zero-order chi connectivity index (χ0) is 27.5. The summed E-state index contributed by atoms with van der Waals surface area (Å²) in [7, 11) is -2.16. The Morgan fingerprint density at radius 1 is 0.921 bits per heavy atom. The monoisotopic (exact) mass is 555 g/mol. The van der Waals surface area contributed by atoms with Crippen molar-refractivity contribution >= 4 is 33.4 Å². The number of sulfonamides is 1. The Bertz CT molecular complexity index is 1300. The highest BCUT2D eigenvalue weighted by molar-refractivity contribution is 7.89. The lowest BCUT2D eigenvalue weighted by atomic mass is 10.0.